The molecule has 1 heterocycles. The minimum Gasteiger partial charge on any atom is -0.306 e. The third-order valence-electron chi connectivity index (χ3n) is 2.61. The smallest absolute Gasteiger partial charge is 0.156 e. The molecule has 5 heteroatoms. The fourth-order valence-corrected chi connectivity index (χ4v) is 2.71. The number of halogens is 1. The molecule has 1 unspecified atom stereocenters. The van der Waals surface area contributed by atoms with Crippen molar-refractivity contribution in [3.8, 4) is 0 Å². The van der Waals surface area contributed by atoms with Crippen LogP contribution in [0.3, 0.4) is 0 Å². The quantitative estimate of drug-likeness (QED) is 0.645. The number of nitrogens with zero attached hydrogens (tertiary/aromatic N) is 1. The van der Waals surface area contributed by atoms with Crippen molar-refractivity contribution < 1.29 is 8.76 Å². The lowest BCUT2D eigenvalue weighted by Gasteiger charge is -2.14. The van der Waals surface area contributed by atoms with Crippen molar-refractivity contribution in [2.75, 3.05) is 0 Å². The number of aromatic nitrogens is 1. The Hall–Kier alpha value is -0.260. The first-order valence-corrected chi connectivity index (χ1v) is 7.65. The van der Waals surface area contributed by atoms with E-state index < -0.39 is 11.1 Å². The summed E-state index contributed by atoms with van der Waals surface area (Å²) in [6.45, 7) is 4.25. The van der Waals surface area contributed by atoms with Gasteiger partial charge < -0.3 is 4.55 Å². The second-order valence-corrected chi connectivity index (χ2v) is 6.59. The third-order valence-corrected chi connectivity index (χ3v) is 4.01. The highest BCUT2D eigenvalue weighted by atomic mass is 79.9. The molecule has 0 fully saturated rings. The van der Waals surface area contributed by atoms with E-state index in [1.54, 1.807) is 6.20 Å². The van der Waals surface area contributed by atoms with Gasteiger partial charge in [-0.25, -0.2) is 9.19 Å². The average molecular weight is 320 g/mol. The zero-order valence-corrected chi connectivity index (χ0v) is 12.5. The summed E-state index contributed by atoms with van der Waals surface area (Å²) in [5, 5.41) is -0.188. The van der Waals surface area contributed by atoms with Crippen LogP contribution in [0.1, 0.15) is 32.3 Å². The monoisotopic (exact) mass is 319 g/mol. The van der Waals surface area contributed by atoms with Crippen molar-refractivity contribution in [1.29, 1.82) is 0 Å². The van der Waals surface area contributed by atoms with E-state index in [4.69, 9.17) is 0 Å². The van der Waals surface area contributed by atoms with E-state index in [-0.39, 0.29) is 5.25 Å². The summed E-state index contributed by atoms with van der Waals surface area (Å²) in [5.41, 5.74) is 1.04. The number of pyridine rings is 1. The summed E-state index contributed by atoms with van der Waals surface area (Å²) in [6, 6.07) is 3.79. The summed E-state index contributed by atoms with van der Waals surface area (Å²) >= 11 is 1.54. The Balaban J connectivity index is 2.63. The number of rotatable bonds is 6. The molecule has 1 rings (SSSR count). The maximum absolute atomic E-state index is 11.3. The second kappa shape index (κ2) is 7.24. The van der Waals surface area contributed by atoms with Crippen molar-refractivity contribution >= 4 is 27.0 Å². The van der Waals surface area contributed by atoms with Gasteiger partial charge in [-0.1, -0.05) is 13.8 Å². The maximum atomic E-state index is 11.3. The Bertz CT molecular complexity index is 385. The van der Waals surface area contributed by atoms with Crippen LogP contribution < -0.4 is 0 Å². The van der Waals surface area contributed by atoms with Crippen LogP contribution in [-0.2, 0) is 17.5 Å². The normalized spacial score (nSPS) is 14.9. The SMILES string of the molecule is CC(C)CC[C@@H](Cc1ccnc(Br)c1)S(=O)O. The Kier molecular flexibility index (Phi) is 6.30. The van der Waals surface area contributed by atoms with Gasteiger partial charge in [0.15, 0.2) is 11.1 Å². The van der Waals surface area contributed by atoms with E-state index in [2.05, 4.69) is 34.8 Å². The van der Waals surface area contributed by atoms with Crippen molar-refractivity contribution in [3.63, 3.8) is 0 Å². The topological polar surface area (TPSA) is 50.2 Å². The molecule has 3 nitrogen and oxygen atoms in total. The van der Waals surface area contributed by atoms with Gasteiger partial charge in [-0.05, 0) is 58.8 Å². The first-order valence-electron chi connectivity index (χ1n) is 5.69. The highest BCUT2D eigenvalue weighted by Gasteiger charge is 2.16. The van der Waals surface area contributed by atoms with Crippen LogP contribution in [0.25, 0.3) is 0 Å². The van der Waals surface area contributed by atoms with Crippen LogP contribution in [0.2, 0.25) is 0 Å². The fraction of sp³-hybridized carbons (Fsp3) is 0.583. The van der Waals surface area contributed by atoms with E-state index in [1.807, 2.05) is 12.1 Å². The molecular weight excluding hydrogens is 302 g/mol. The Morgan fingerprint density at radius 1 is 1.47 bits per heavy atom. The molecule has 0 saturated heterocycles. The second-order valence-electron chi connectivity index (χ2n) is 4.56. The first-order chi connectivity index (χ1) is 7.99. The molecule has 1 aromatic heterocycles. The van der Waals surface area contributed by atoms with E-state index in [0.29, 0.717) is 12.3 Å². The van der Waals surface area contributed by atoms with Gasteiger partial charge in [-0.15, -0.1) is 0 Å². The van der Waals surface area contributed by atoms with E-state index >= 15 is 0 Å². The molecule has 0 spiro atoms. The lowest BCUT2D eigenvalue weighted by molar-refractivity contribution is 0.503. The molecular formula is C12H18BrNO2S. The van der Waals surface area contributed by atoms with Crippen molar-refractivity contribution in [2.45, 2.75) is 38.4 Å². The van der Waals surface area contributed by atoms with Crippen LogP contribution in [0.4, 0.5) is 0 Å². The van der Waals surface area contributed by atoms with Crippen LogP contribution >= 0.6 is 15.9 Å². The zero-order valence-electron chi connectivity index (χ0n) is 10.1. The minimum absolute atomic E-state index is 0.188. The lowest BCUT2D eigenvalue weighted by atomic mass is 10.0. The van der Waals surface area contributed by atoms with Gasteiger partial charge in [-0.3, -0.25) is 0 Å². The zero-order chi connectivity index (χ0) is 12.8. The summed E-state index contributed by atoms with van der Waals surface area (Å²) in [7, 11) is 0. The molecule has 96 valence electrons. The highest BCUT2D eigenvalue weighted by Crippen LogP contribution is 2.17. The van der Waals surface area contributed by atoms with Gasteiger partial charge >= 0.3 is 0 Å². The molecule has 0 amide bonds. The molecule has 1 aromatic rings. The summed E-state index contributed by atoms with van der Waals surface area (Å²) < 4.78 is 21.4. The summed E-state index contributed by atoms with van der Waals surface area (Å²) in [5.74, 6) is 0.560. The Morgan fingerprint density at radius 2 is 2.18 bits per heavy atom. The van der Waals surface area contributed by atoms with Gasteiger partial charge in [-0.2, -0.15) is 0 Å². The average Bonchev–Trinajstić information content (AvgIpc) is 2.23. The summed E-state index contributed by atoms with van der Waals surface area (Å²) in [6.07, 6.45) is 4.08. The Labute approximate surface area is 113 Å². The van der Waals surface area contributed by atoms with Gasteiger partial charge in [0.2, 0.25) is 0 Å². The van der Waals surface area contributed by atoms with Crippen molar-refractivity contribution in [3.05, 3.63) is 28.5 Å². The molecule has 0 aliphatic rings. The van der Waals surface area contributed by atoms with Crippen LogP contribution in [0, 0.1) is 5.92 Å². The number of hydrogen-bond donors (Lipinski definition) is 1. The molecule has 0 aromatic carbocycles. The fourth-order valence-electron chi connectivity index (χ4n) is 1.63. The van der Waals surface area contributed by atoms with E-state index in [9.17, 15) is 8.76 Å². The minimum atomic E-state index is -1.76. The molecule has 0 aliphatic heterocycles. The largest absolute Gasteiger partial charge is 0.306 e. The predicted octanol–water partition coefficient (Wildman–Crippen LogP) is 3.41. The van der Waals surface area contributed by atoms with Gasteiger partial charge in [0.05, 0.1) is 5.25 Å². The molecule has 0 bridgehead atoms. The standard InChI is InChI=1S/C12H18BrNO2S/c1-9(2)3-4-11(17(15)16)7-10-5-6-14-12(13)8-10/h5-6,8-9,11H,3-4,7H2,1-2H3,(H,15,16)/t11-/m0/s1. The predicted molar refractivity (Wildman–Crippen MR) is 74.3 cm³/mol. The maximum Gasteiger partial charge on any atom is 0.156 e. The third kappa shape index (κ3) is 5.75. The molecule has 0 aliphatic carbocycles. The Morgan fingerprint density at radius 3 is 2.71 bits per heavy atom. The molecule has 0 saturated carbocycles. The number of hydrogen-bond acceptors (Lipinski definition) is 2. The van der Waals surface area contributed by atoms with Gasteiger partial charge in [0.25, 0.3) is 0 Å². The van der Waals surface area contributed by atoms with Gasteiger partial charge in [0.1, 0.15) is 4.60 Å². The summed E-state index contributed by atoms with van der Waals surface area (Å²) in [4.78, 5) is 4.04. The molecule has 17 heavy (non-hydrogen) atoms. The van der Waals surface area contributed by atoms with Crippen LogP contribution in [-0.4, -0.2) is 19.0 Å². The molecule has 1 N–H and O–H groups in total. The first kappa shape index (κ1) is 14.8. The van der Waals surface area contributed by atoms with Crippen molar-refractivity contribution in [2.24, 2.45) is 5.92 Å². The van der Waals surface area contributed by atoms with Crippen LogP contribution in [0.5, 0.6) is 0 Å². The van der Waals surface area contributed by atoms with Crippen molar-refractivity contribution in [1.82, 2.24) is 4.98 Å². The lowest BCUT2D eigenvalue weighted by Crippen LogP contribution is -2.18. The highest BCUT2D eigenvalue weighted by molar-refractivity contribution is 9.10. The molecule has 2 atom stereocenters. The van der Waals surface area contributed by atoms with Crippen LogP contribution in [0.15, 0.2) is 22.9 Å². The molecule has 0 radical (unpaired) electrons. The van der Waals surface area contributed by atoms with E-state index in [1.165, 1.54) is 0 Å². The van der Waals surface area contributed by atoms with Gasteiger partial charge in [0, 0.05) is 6.20 Å². The van der Waals surface area contributed by atoms with E-state index in [0.717, 1.165) is 23.0 Å².